The van der Waals surface area contributed by atoms with Crippen molar-refractivity contribution in [3.63, 3.8) is 0 Å². The molecule has 3 aromatic rings. The Balaban J connectivity index is 1.45. The number of carboxylic acid groups (broad SMARTS) is 1. The van der Waals surface area contributed by atoms with Crippen molar-refractivity contribution in [2.45, 2.75) is 13.8 Å². The van der Waals surface area contributed by atoms with Crippen LogP contribution in [0.3, 0.4) is 0 Å². The number of rotatable bonds is 6. The lowest BCUT2D eigenvalue weighted by atomic mass is 10.1. The number of carbonyl (C=O) groups is 4. The van der Waals surface area contributed by atoms with Crippen molar-refractivity contribution in [1.29, 1.82) is 0 Å². The molecule has 2 heterocycles. The second-order valence-corrected chi connectivity index (χ2v) is 9.22. The maximum atomic E-state index is 12.8. The monoisotopic (exact) mass is 510 g/mol. The molecule has 1 saturated heterocycles. The maximum absolute atomic E-state index is 12.8. The summed E-state index contributed by atoms with van der Waals surface area (Å²) in [5.41, 5.74) is 3.20. The molecule has 35 heavy (non-hydrogen) atoms. The van der Waals surface area contributed by atoms with Crippen LogP contribution in [0, 0.1) is 13.8 Å². The van der Waals surface area contributed by atoms with Crippen molar-refractivity contribution >= 4 is 58.1 Å². The van der Waals surface area contributed by atoms with Crippen molar-refractivity contribution in [3.05, 3.63) is 80.9 Å². The summed E-state index contributed by atoms with van der Waals surface area (Å²) in [7, 11) is 0. The van der Waals surface area contributed by atoms with Gasteiger partial charge in [-0.25, -0.2) is 4.79 Å². The Hall–Kier alpha value is -3.82. The molecule has 0 unspecified atom stereocenters. The molecule has 10 heteroatoms. The van der Waals surface area contributed by atoms with Crippen molar-refractivity contribution in [3.8, 4) is 11.3 Å². The molecule has 3 amide bonds. The van der Waals surface area contributed by atoms with Gasteiger partial charge in [0, 0.05) is 17.3 Å². The largest absolute Gasteiger partial charge is 0.478 e. The standard InChI is InChI=1S/C25H19ClN2O6S/c1-13-3-5-16(9-14(13)2)27-22(29)12-28-23(30)21(35-25(28)33)11-17-6-8-20(34-17)15-4-7-18(24(31)32)19(26)10-15/h3-11H,12H2,1-2H3,(H,27,29)(H,31,32)/b21-11-. The van der Waals surface area contributed by atoms with Gasteiger partial charge in [0.2, 0.25) is 5.91 Å². The molecule has 0 bridgehead atoms. The summed E-state index contributed by atoms with van der Waals surface area (Å²) in [4.78, 5) is 49.7. The number of aryl methyl sites for hydroxylation is 2. The topological polar surface area (TPSA) is 117 Å². The van der Waals surface area contributed by atoms with Crippen LogP contribution in [0.4, 0.5) is 10.5 Å². The maximum Gasteiger partial charge on any atom is 0.337 e. The summed E-state index contributed by atoms with van der Waals surface area (Å²) in [6.07, 6.45) is 1.42. The smallest absolute Gasteiger partial charge is 0.337 e. The number of hydrogen-bond donors (Lipinski definition) is 2. The number of carboxylic acids is 1. The van der Waals surface area contributed by atoms with Crippen LogP contribution in [0.15, 0.2) is 57.9 Å². The Kier molecular flexibility index (Phi) is 6.81. The Morgan fingerprint density at radius 1 is 1.09 bits per heavy atom. The van der Waals surface area contributed by atoms with E-state index in [1.807, 2.05) is 26.0 Å². The first-order valence-electron chi connectivity index (χ1n) is 10.4. The molecular formula is C25H19ClN2O6S. The Morgan fingerprint density at radius 3 is 2.54 bits per heavy atom. The molecular weight excluding hydrogens is 492 g/mol. The Labute approximate surface area is 209 Å². The van der Waals surface area contributed by atoms with E-state index in [1.54, 1.807) is 24.3 Å². The van der Waals surface area contributed by atoms with Gasteiger partial charge < -0.3 is 14.8 Å². The van der Waals surface area contributed by atoms with E-state index in [9.17, 15) is 19.2 Å². The minimum Gasteiger partial charge on any atom is -0.478 e. The lowest BCUT2D eigenvalue weighted by molar-refractivity contribution is -0.127. The molecule has 0 spiro atoms. The summed E-state index contributed by atoms with van der Waals surface area (Å²) >= 11 is 6.73. The van der Waals surface area contributed by atoms with Crippen LogP contribution < -0.4 is 5.32 Å². The highest BCUT2D eigenvalue weighted by Gasteiger charge is 2.36. The lowest BCUT2D eigenvalue weighted by Gasteiger charge is -2.13. The van der Waals surface area contributed by atoms with E-state index in [4.69, 9.17) is 21.1 Å². The molecule has 0 radical (unpaired) electrons. The van der Waals surface area contributed by atoms with Gasteiger partial charge in [-0.2, -0.15) is 0 Å². The highest BCUT2D eigenvalue weighted by molar-refractivity contribution is 8.18. The fraction of sp³-hybridized carbons (Fsp3) is 0.120. The van der Waals surface area contributed by atoms with E-state index in [0.717, 1.165) is 16.0 Å². The van der Waals surface area contributed by atoms with Gasteiger partial charge in [0.05, 0.1) is 15.5 Å². The van der Waals surface area contributed by atoms with E-state index in [0.29, 0.717) is 34.5 Å². The highest BCUT2D eigenvalue weighted by atomic mass is 35.5. The average molecular weight is 511 g/mol. The predicted octanol–water partition coefficient (Wildman–Crippen LogP) is 5.59. The van der Waals surface area contributed by atoms with Gasteiger partial charge in [-0.1, -0.05) is 23.7 Å². The van der Waals surface area contributed by atoms with Gasteiger partial charge in [-0.3, -0.25) is 19.3 Å². The highest BCUT2D eigenvalue weighted by Crippen LogP contribution is 2.34. The van der Waals surface area contributed by atoms with E-state index in [-0.39, 0.29) is 15.5 Å². The molecule has 1 aromatic heterocycles. The molecule has 0 saturated carbocycles. The molecule has 4 rings (SSSR count). The van der Waals surface area contributed by atoms with Gasteiger partial charge in [-0.05, 0) is 73.1 Å². The zero-order chi connectivity index (χ0) is 25.3. The summed E-state index contributed by atoms with van der Waals surface area (Å²) in [6, 6.07) is 13.1. The second kappa shape index (κ2) is 9.81. The molecule has 0 aliphatic carbocycles. The third-order valence-corrected chi connectivity index (χ3v) is 6.57. The van der Waals surface area contributed by atoms with Crippen LogP contribution in [0.2, 0.25) is 5.02 Å². The number of halogens is 1. The SMILES string of the molecule is Cc1ccc(NC(=O)CN2C(=O)S/C(=C\c3ccc(-c4ccc(C(=O)O)c(Cl)c4)o3)C2=O)cc1C. The number of benzene rings is 2. The van der Waals surface area contributed by atoms with Gasteiger partial charge in [0.1, 0.15) is 18.1 Å². The zero-order valence-electron chi connectivity index (χ0n) is 18.6. The van der Waals surface area contributed by atoms with Crippen molar-refractivity contribution in [2.24, 2.45) is 0 Å². The number of hydrogen-bond acceptors (Lipinski definition) is 6. The number of furan rings is 1. The van der Waals surface area contributed by atoms with E-state index >= 15 is 0 Å². The number of carbonyl (C=O) groups excluding carboxylic acids is 3. The quantitative estimate of drug-likeness (QED) is 0.415. The zero-order valence-corrected chi connectivity index (χ0v) is 20.2. The summed E-state index contributed by atoms with van der Waals surface area (Å²) in [5, 5.41) is 11.3. The van der Waals surface area contributed by atoms with Gasteiger partial charge in [0.25, 0.3) is 11.1 Å². The van der Waals surface area contributed by atoms with Crippen LogP contribution >= 0.6 is 23.4 Å². The molecule has 0 atom stereocenters. The predicted molar refractivity (Wildman–Crippen MR) is 133 cm³/mol. The van der Waals surface area contributed by atoms with E-state index in [2.05, 4.69) is 5.32 Å². The minimum atomic E-state index is -1.14. The number of amides is 3. The third kappa shape index (κ3) is 5.31. The molecule has 1 aliphatic heterocycles. The summed E-state index contributed by atoms with van der Waals surface area (Å²) < 4.78 is 5.73. The van der Waals surface area contributed by atoms with Crippen molar-refractivity contribution < 1.29 is 28.7 Å². The first kappa shape index (κ1) is 24.3. The van der Waals surface area contributed by atoms with Crippen LogP contribution in [-0.2, 0) is 9.59 Å². The number of anilines is 1. The number of nitrogens with zero attached hydrogens (tertiary/aromatic N) is 1. The van der Waals surface area contributed by atoms with Gasteiger partial charge in [-0.15, -0.1) is 0 Å². The summed E-state index contributed by atoms with van der Waals surface area (Å²) in [6.45, 7) is 3.47. The first-order chi connectivity index (χ1) is 16.6. The third-order valence-electron chi connectivity index (χ3n) is 5.35. The second-order valence-electron chi connectivity index (χ2n) is 7.82. The summed E-state index contributed by atoms with van der Waals surface area (Å²) in [5.74, 6) is -1.51. The fourth-order valence-electron chi connectivity index (χ4n) is 3.36. The van der Waals surface area contributed by atoms with Crippen molar-refractivity contribution in [1.82, 2.24) is 4.90 Å². The molecule has 178 valence electrons. The lowest BCUT2D eigenvalue weighted by Crippen LogP contribution is -2.36. The number of nitrogens with one attached hydrogen (secondary N) is 1. The van der Waals surface area contributed by atoms with Crippen LogP contribution in [0.5, 0.6) is 0 Å². The molecule has 2 N–H and O–H groups in total. The number of imide groups is 1. The first-order valence-corrected chi connectivity index (χ1v) is 11.6. The van der Waals surface area contributed by atoms with E-state index < -0.39 is 29.6 Å². The van der Waals surface area contributed by atoms with Crippen LogP contribution in [0.25, 0.3) is 17.4 Å². The molecule has 8 nitrogen and oxygen atoms in total. The van der Waals surface area contributed by atoms with Crippen molar-refractivity contribution in [2.75, 3.05) is 11.9 Å². The average Bonchev–Trinajstić information content (AvgIpc) is 3.36. The Bertz CT molecular complexity index is 1410. The minimum absolute atomic E-state index is 0.0302. The van der Waals surface area contributed by atoms with Crippen LogP contribution in [-0.4, -0.2) is 39.6 Å². The molecule has 1 aliphatic rings. The number of thioether (sulfide) groups is 1. The van der Waals surface area contributed by atoms with Gasteiger partial charge in [0.15, 0.2) is 0 Å². The van der Waals surface area contributed by atoms with Crippen LogP contribution in [0.1, 0.15) is 27.2 Å². The van der Waals surface area contributed by atoms with E-state index in [1.165, 1.54) is 18.2 Å². The Morgan fingerprint density at radius 2 is 1.86 bits per heavy atom. The number of aromatic carboxylic acids is 1. The normalized spacial score (nSPS) is 14.6. The van der Waals surface area contributed by atoms with Gasteiger partial charge >= 0.3 is 5.97 Å². The molecule has 1 fully saturated rings. The fourth-order valence-corrected chi connectivity index (χ4v) is 4.44. The molecule has 2 aromatic carbocycles.